The third kappa shape index (κ3) is 3.62. The van der Waals surface area contributed by atoms with Crippen LogP contribution in [0, 0.1) is 0 Å². The minimum absolute atomic E-state index is 0.324. The summed E-state index contributed by atoms with van der Waals surface area (Å²) in [4.78, 5) is 0. The Bertz CT molecular complexity index is 507. The van der Waals surface area contributed by atoms with Crippen LogP contribution >= 0.6 is 11.6 Å². The van der Waals surface area contributed by atoms with Crippen molar-refractivity contribution < 1.29 is 0 Å². The van der Waals surface area contributed by atoms with Gasteiger partial charge in [0.25, 0.3) is 0 Å². The summed E-state index contributed by atoms with van der Waals surface area (Å²) in [6, 6.07) is 19.3. The van der Waals surface area contributed by atoms with Crippen molar-refractivity contribution in [2.24, 2.45) is 0 Å². The quantitative estimate of drug-likeness (QED) is 0.771. The van der Waals surface area contributed by atoms with Crippen molar-refractivity contribution in [3.8, 4) is 0 Å². The van der Waals surface area contributed by atoms with E-state index in [0.29, 0.717) is 12.0 Å². The lowest BCUT2D eigenvalue weighted by atomic mass is 9.85. The predicted octanol–water partition coefficient (Wildman–Crippen LogP) is 5.18. The van der Waals surface area contributed by atoms with E-state index in [1.54, 1.807) is 0 Å². The van der Waals surface area contributed by atoms with Gasteiger partial charge < -0.3 is 5.32 Å². The molecule has 0 bridgehead atoms. The zero-order valence-corrected chi connectivity index (χ0v) is 12.9. The molecular formula is C18H22ClN. The molecule has 0 aromatic heterocycles. The van der Waals surface area contributed by atoms with Gasteiger partial charge in [-0.3, -0.25) is 0 Å². The Morgan fingerprint density at radius 1 is 0.900 bits per heavy atom. The highest BCUT2D eigenvalue weighted by Gasteiger charge is 2.22. The molecule has 2 atom stereocenters. The van der Waals surface area contributed by atoms with Gasteiger partial charge in [-0.05, 0) is 36.2 Å². The molecule has 2 aromatic carbocycles. The monoisotopic (exact) mass is 287 g/mol. The molecule has 0 aliphatic rings. The smallest absolute Gasteiger partial charge is 0.0406 e. The summed E-state index contributed by atoms with van der Waals surface area (Å²) in [6.07, 6.45) is 1.10. The standard InChI is InChI=1S/C18H22ClN/c1-3-17(14-8-6-5-7-9-14)18(20-4-2)15-10-12-16(19)13-11-15/h5-13,17-18,20H,3-4H2,1-2H3. The van der Waals surface area contributed by atoms with E-state index in [2.05, 4.69) is 61.6 Å². The van der Waals surface area contributed by atoms with Crippen LogP contribution in [0.2, 0.25) is 5.02 Å². The number of hydrogen-bond acceptors (Lipinski definition) is 1. The van der Waals surface area contributed by atoms with Crippen LogP contribution in [-0.4, -0.2) is 6.54 Å². The van der Waals surface area contributed by atoms with Gasteiger partial charge in [0.15, 0.2) is 0 Å². The van der Waals surface area contributed by atoms with Crippen LogP contribution in [-0.2, 0) is 0 Å². The van der Waals surface area contributed by atoms with Crippen LogP contribution in [0.5, 0.6) is 0 Å². The van der Waals surface area contributed by atoms with E-state index in [9.17, 15) is 0 Å². The number of likely N-dealkylation sites (N-methyl/N-ethyl adjacent to an activating group) is 1. The molecule has 0 radical (unpaired) electrons. The van der Waals surface area contributed by atoms with Crippen molar-refractivity contribution in [1.82, 2.24) is 5.32 Å². The third-order valence-electron chi connectivity index (χ3n) is 3.72. The molecule has 0 heterocycles. The Hall–Kier alpha value is -1.31. The number of rotatable bonds is 6. The van der Waals surface area contributed by atoms with Crippen molar-refractivity contribution in [2.45, 2.75) is 32.2 Å². The topological polar surface area (TPSA) is 12.0 Å². The van der Waals surface area contributed by atoms with E-state index < -0.39 is 0 Å². The van der Waals surface area contributed by atoms with E-state index in [-0.39, 0.29) is 0 Å². The van der Waals surface area contributed by atoms with E-state index in [4.69, 9.17) is 11.6 Å². The molecule has 0 aliphatic carbocycles. The fraction of sp³-hybridized carbons (Fsp3) is 0.333. The second-order valence-corrected chi connectivity index (χ2v) is 5.45. The molecule has 0 saturated carbocycles. The van der Waals surface area contributed by atoms with Gasteiger partial charge in [0, 0.05) is 17.0 Å². The first-order valence-electron chi connectivity index (χ1n) is 7.30. The number of benzene rings is 2. The van der Waals surface area contributed by atoms with Gasteiger partial charge in [-0.15, -0.1) is 0 Å². The van der Waals surface area contributed by atoms with E-state index in [1.807, 2.05) is 12.1 Å². The first kappa shape index (κ1) is 15.1. The van der Waals surface area contributed by atoms with Gasteiger partial charge in [0.05, 0.1) is 0 Å². The minimum atomic E-state index is 0.324. The van der Waals surface area contributed by atoms with E-state index in [0.717, 1.165) is 18.0 Å². The fourth-order valence-corrected chi connectivity index (χ4v) is 2.87. The van der Waals surface area contributed by atoms with Gasteiger partial charge in [-0.2, -0.15) is 0 Å². The predicted molar refractivity (Wildman–Crippen MR) is 87.3 cm³/mol. The zero-order chi connectivity index (χ0) is 14.4. The molecule has 2 heteroatoms. The maximum Gasteiger partial charge on any atom is 0.0406 e. The Morgan fingerprint density at radius 3 is 2.10 bits per heavy atom. The Balaban J connectivity index is 2.33. The number of nitrogens with one attached hydrogen (secondary N) is 1. The fourth-order valence-electron chi connectivity index (χ4n) is 2.75. The lowest BCUT2D eigenvalue weighted by Gasteiger charge is -2.28. The van der Waals surface area contributed by atoms with Gasteiger partial charge in [-0.1, -0.05) is 67.9 Å². The van der Waals surface area contributed by atoms with Crippen LogP contribution in [0.1, 0.15) is 43.4 Å². The summed E-state index contributed by atoms with van der Waals surface area (Å²) < 4.78 is 0. The summed E-state index contributed by atoms with van der Waals surface area (Å²) >= 11 is 6.00. The van der Waals surface area contributed by atoms with Crippen molar-refractivity contribution >= 4 is 11.6 Å². The molecule has 0 spiro atoms. The van der Waals surface area contributed by atoms with Crippen LogP contribution in [0.15, 0.2) is 54.6 Å². The van der Waals surface area contributed by atoms with Gasteiger partial charge in [-0.25, -0.2) is 0 Å². The lowest BCUT2D eigenvalue weighted by Crippen LogP contribution is -2.26. The maximum atomic E-state index is 6.00. The molecule has 0 saturated heterocycles. The first-order valence-corrected chi connectivity index (χ1v) is 7.67. The molecule has 0 amide bonds. The van der Waals surface area contributed by atoms with Crippen molar-refractivity contribution in [3.05, 3.63) is 70.7 Å². The Kier molecular flexibility index (Phi) is 5.63. The first-order chi connectivity index (χ1) is 9.76. The maximum absolute atomic E-state index is 6.00. The zero-order valence-electron chi connectivity index (χ0n) is 12.1. The highest BCUT2D eigenvalue weighted by Crippen LogP contribution is 2.33. The molecular weight excluding hydrogens is 266 g/mol. The molecule has 0 fully saturated rings. The second-order valence-electron chi connectivity index (χ2n) is 5.01. The highest BCUT2D eigenvalue weighted by atomic mass is 35.5. The summed E-state index contributed by atoms with van der Waals surface area (Å²) in [5.74, 6) is 0.470. The molecule has 0 aliphatic heterocycles. The summed E-state index contributed by atoms with van der Waals surface area (Å²) in [5.41, 5.74) is 2.68. The SMILES string of the molecule is CCNC(c1ccc(Cl)cc1)C(CC)c1ccccc1. The minimum Gasteiger partial charge on any atom is -0.310 e. The van der Waals surface area contributed by atoms with Crippen LogP contribution in [0.25, 0.3) is 0 Å². The number of hydrogen-bond donors (Lipinski definition) is 1. The Labute approximate surface area is 127 Å². The molecule has 2 unspecified atom stereocenters. The van der Waals surface area contributed by atoms with Gasteiger partial charge in [0.1, 0.15) is 0 Å². The van der Waals surface area contributed by atoms with Crippen LogP contribution < -0.4 is 5.32 Å². The van der Waals surface area contributed by atoms with Crippen LogP contribution in [0.3, 0.4) is 0 Å². The van der Waals surface area contributed by atoms with Gasteiger partial charge in [0.2, 0.25) is 0 Å². The van der Waals surface area contributed by atoms with Crippen molar-refractivity contribution in [1.29, 1.82) is 0 Å². The van der Waals surface area contributed by atoms with Gasteiger partial charge >= 0.3 is 0 Å². The molecule has 1 N–H and O–H groups in total. The molecule has 2 rings (SSSR count). The summed E-state index contributed by atoms with van der Waals surface area (Å²) in [5, 5.41) is 4.41. The molecule has 20 heavy (non-hydrogen) atoms. The van der Waals surface area contributed by atoms with E-state index in [1.165, 1.54) is 11.1 Å². The van der Waals surface area contributed by atoms with Crippen molar-refractivity contribution in [3.63, 3.8) is 0 Å². The third-order valence-corrected chi connectivity index (χ3v) is 3.98. The lowest BCUT2D eigenvalue weighted by molar-refractivity contribution is 0.445. The Morgan fingerprint density at radius 2 is 1.55 bits per heavy atom. The van der Waals surface area contributed by atoms with Crippen LogP contribution in [0.4, 0.5) is 0 Å². The second kappa shape index (κ2) is 7.47. The largest absolute Gasteiger partial charge is 0.310 e. The number of halogens is 1. The van der Waals surface area contributed by atoms with Crippen molar-refractivity contribution in [2.75, 3.05) is 6.54 Å². The molecule has 2 aromatic rings. The average molecular weight is 288 g/mol. The summed E-state index contributed by atoms with van der Waals surface area (Å²) in [7, 11) is 0. The molecule has 1 nitrogen and oxygen atoms in total. The molecule has 106 valence electrons. The average Bonchev–Trinajstić information content (AvgIpc) is 2.49. The summed E-state index contributed by atoms with van der Waals surface area (Å²) in [6.45, 7) is 5.36. The van der Waals surface area contributed by atoms with E-state index >= 15 is 0 Å². The highest BCUT2D eigenvalue weighted by molar-refractivity contribution is 6.30. The normalized spacial score (nSPS) is 13.9.